The highest BCUT2D eigenvalue weighted by Crippen LogP contribution is 2.08. The Morgan fingerprint density at radius 1 is 1.36 bits per heavy atom. The Morgan fingerprint density at radius 2 is 2.07 bits per heavy atom. The number of halogens is 1. The Balaban J connectivity index is 2.42. The van der Waals surface area contributed by atoms with E-state index < -0.39 is 9.84 Å². The molecule has 0 spiro atoms. The van der Waals surface area contributed by atoms with Gasteiger partial charge in [0, 0.05) is 19.0 Å². The summed E-state index contributed by atoms with van der Waals surface area (Å²) in [5.74, 6) is 1.74. The van der Waals surface area contributed by atoms with E-state index in [0.29, 0.717) is 29.8 Å². The van der Waals surface area contributed by atoms with Crippen LogP contribution in [0.15, 0.2) is 0 Å². The third-order valence-electron chi connectivity index (χ3n) is 2.48. The molecule has 0 aromatic carbocycles. The molecule has 0 amide bonds. The molecule has 1 fully saturated rings. The Morgan fingerprint density at radius 3 is 2.71 bits per heavy atom. The molecular weight excluding hydrogens is 222 g/mol. The lowest BCUT2D eigenvalue weighted by Gasteiger charge is -2.21. The first-order valence-electron chi connectivity index (χ1n) is 5.02. The Bertz CT molecular complexity index is 266. The van der Waals surface area contributed by atoms with E-state index in [4.69, 9.17) is 11.6 Å². The fourth-order valence-electron chi connectivity index (χ4n) is 1.66. The van der Waals surface area contributed by atoms with Gasteiger partial charge >= 0.3 is 0 Å². The molecule has 1 atom stereocenters. The number of hydrogen-bond donors (Lipinski definition) is 0. The van der Waals surface area contributed by atoms with Gasteiger partial charge in [0.25, 0.3) is 0 Å². The van der Waals surface area contributed by atoms with Crippen molar-refractivity contribution >= 4 is 21.4 Å². The molecule has 0 aromatic heterocycles. The second kappa shape index (κ2) is 5.33. The van der Waals surface area contributed by atoms with Crippen molar-refractivity contribution in [3.63, 3.8) is 0 Å². The smallest absolute Gasteiger partial charge is 0.151 e. The van der Waals surface area contributed by atoms with Crippen LogP contribution in [-0.4, -0.2) is 50.3 Å². The molecule has 5 heteroatoms. The van der Waals surface area contributed by atoms with Gasteiger partial charge in [0.1, 0.15) is 0 Å². The van der Waals surface area contributed by atoms with Crippen LogP contribution in [0.4, 0.5) is 0 Å². The second-order valence-electron chi connectivity index (χ2n) is 4.07. The first kappa shape index (κ1) is 12.3. The highest BCUT2D eigenvalue weighted by molar-refractivity contribution is 7.91. The summed E-state index contributed by atoms with van der Waals surface area (Å²) in [6, 6.07) is 0. The number of nitrogens with zero attached hydrogens (tertiary/aromatic N) is 1. The summed E-state index contributed by atoms with van der Waals surface area (Å²) in [5, 5.41) is 0. The van der Waals surface area contributed by atoms with Crippen molar-refractivity contribution in [2.24, 2.45) is 5.92 Å². The molecule has 1 saturated heterocycles. The fraction of sp³-hybridized carbons (Fsp3) is 1.00. The van der Waals surface area contributed by atoms with Gasteiger partial charge < -0.3 is 4.90 Å². The molecule has 3 nitrogen and oxygen atoms in total. The van der Waals surface area contributed by atoms with Crippen LogP contribution in [-0.2, 0) is 9.84 Å². The van der Waals surface area contributed by atoms with E-state index in [2.05, 4.69) is 11.8 Å². The van der Waals surface area contributed by atoms with Gasteiger partial charge in [-0.2, -0.15) is 0 Å². The monoisotopic (exact) mass is 239 g/mol. The van der Waals surface area contributed by atoms with Crippen molar-refractivity contribution in [1.29, 1.82) is 0 Å². The SMILES string of the molecule is CC(CCl)CN1CCCS(=O)(=O)CC1. The zero-order valence-electron chi connectivity index (χ0n) is 8.58. The van der Waals surface area contributed by atoms with Crippen molar-refractivity contribution in [1.82, 2.24) is 4.90 Å². The highest BCUT2D eigenvalue weighted by Gasteiger charge is 2.19. The molecule has 1 unspecified atom stereocenters. The molecule has 1 rings (SSSR count). The maximum Gasteiger partial charge on any atom is 0.151 e. The van der Waals surface area contributed by atoms with Crippen LogP contribution in [0.25, 0.3) is 0 Å². The normalized spacial score (nSPS) is 25.6. The summed E-state index contributed by atoms with van der Waals surface area (Å²) in [5.41, 5.74) is 0. The third-order valence-corrected chi connectivity index (χ3v) is 4.72. The molecule has 84 valence electrons. The lowest BCUT2D eigenvalue weighted by Crippen LogP contribution is -2.31. The first-order valence-corrected chi connectivity index (χ1v) is 7.38. The highest BCUT2D eigenvalue weighted by atomic mass is 35.5. The number of sulfone groups is 1. The van der Waals surface area contributed by atoms with Crippen molar-refractivity contribution in [3.05, 3.63) is 0 Å². The van der Waals surface area contributed by atoms with Gasteiger partial charge in [-0.1, -0.05) is 6.92 Å². The Hall–Kier alpha value is 0.200. The van der Waals surface area contributed by atoms with E-state index in [1.807, 2.05) is 0 Å². The summed E-state index contributed by atoms with van der Waals surface area (Å²) < 4.78 is 22.6. The lowest BCUT2D eigenvalue weighted by atomic mass is 10.2. The zero-order valence-corrected chi connectivity index (χ0v) is 10.1. The third kappa shape index (κ3) is 4.15. The summed E-state index contributed by atoms with van der Waals surface area (Å²) in [4.78, 5) is 2.21. The fourth-order valence-corrected chi connectivity index (χ4v) is 3.07. The molecule has 1 aliphatic rings. The Labute approximate surface area is 91.3 Å². The quantitative estimate of drug-likeness (QED) is 0.690. The molecule has 0 N–H and O–H groups in total. The maximum absolute atomic E-state index is 11.3. The minimum absolute atomic E-state index is 0.308. The van der Waals surface area contributed by atoms with Gasteiger partial charge in [-0.05, 0) is 18.9 Å². The lowest BCUT2D eigenvalue weighted by molar-refractivity contribution is 0.264. The Kier molecular flexibility index (Phi) is 4.67. The molecule has 1 aliphatic heterocycles. The van der Waals surface area contributed by atoms with Crippen LogP contribution >= 0.6 is 11.6 Å². The van der Waals surface area contributed by atoms with Crippen LogP contribution < -0.4 is 0 Å². The van der Waals surface area contributed by atoms with Gasteiger partial charge in [-0.15, -0.1) is 11.6 Å². The van der Waals surface area contributed by atoms with Crippen LogP contribution in [0.1, 0.15) is 13.3 Å². The maximum atomic E-state index is 11.3. The van der Waals surface area contributed by atoms with Gasteiger partial charge in [-0.25, -0.2) is 8.42 Å². The van der Waals surface area contributed by atoms with Crippen LogP contribution in [0.5, 0.6) is 0 Å². The number of rotatable bonds is 3. The predicted molar refractivity (Wildman–Crippen MR) is 59.6 cm³/mol. The van der Waals surface area contributed by atoms with Crippen molar-refractivity contribution in [2.75, 3.05) is 37.0 Å². The summed E-state index contributed by atoms with van der Waals surface area (Å²) >= 11 is 5.72. The standard InChI is InChI=1S/C9H18ClNO2S/c1-9(7-10)8-11-3-2-5-14(12,13)6-4-11/h9H,2-8H2,1H3. The molecule has 0 aliphatic carbocycles. The summed E-state index contributed by atoms with van der Waals surface area (Å²) in [6.07, 6.45) is 0.761. The van der Waals surface area contributed by atoms with Crippen molar-refractivity contribution < 1.29 is 8.42 Å². The summed E-state index contributed by atoms with van der Waals surface area (Å²) in [6.45, 7) is 4.56. The van der Waals surface area contributed by atoms with E-state index >= 15 is 0 Å². The van der Waals surface area contributed by atoms with Crippen molar-refractivity contribution in [2.45, 2.75) is 13.3 Å². The first-order chi connectivity index (χ1) is 6.53. The van der Waals surface area contributed by atoms with Gasteiger partial charge in [0.15, 0.2) is 9.84 Å². The zero-order chi connectivity index (χ0) is 10.6. The molecule has 0 radical (unpaired) electrons. The van der Waals surface area contributed by atoms with Crippen LogP contribution in [0.3, 0.4) is 0 Å². The molecule has 14 heavy (non-hydrogen) atoms. The number of hydrogen-bond acceptors (Lipinski definition) is 3. The van der Waals surface area contributed by atoms with Crippen molar-refractivity contribution in [3.8, 4) is 0 Å². The minimum atomic E-state index is -2.77. The van der Waals surface area contributed by atoms with Gasteiger partial charge in [0.2, 0.25) is 0 Å². The van der Waals surface area contributed by atoms with Gasteiger partial charge in [0.05, 0.1) is 11.5 Å². The summed E-state index contributed by atoms with van der Waals surface area (Å²) in [7, 11) is -2.77. The van der Waals surface area contributed by atoms with E-state index in [1.165, 1.54) is 0 Å². The molecule has 1 heterocycles. The second-order valence-corrected chi connectivity index (χ2v) is 6.68. The number of alkyl halides is 1. The van der Waals surface area contributed by atoms with Crippen LogP contribution in [0, 0.1) is 5.92 Å². The topological polar surface area (TPSA) is 37.4 Å². The van der Waals surface area contributed by atoms with Crippen LogP contribution in [0.2, 0.25) is 0 Å². The van der Waals surface area contributed by atoms with E-state index in [1.54, 1.807) is 0 Å². The van der Waals surface area contributed by atoms with Gasteiger partial charge in [-0.3, -0.25) is 0 Å². The van der Waals surface area contributed by atoms with E-state index in [-0.39, 0.29) is 0 Å². The largest absolute Gasteiger partial charge is 0.302 e. The molecular formula is C9H18ClNO2S. The molecule has 0 aromatic rings. The average Bonchev–Trinajstić information content (AvgIpc) is 2.28. The molecule has 0 saturated carbocycles. The minimum Gasteiger partial charge on any atom is -0.302 e. The van der Waals surface area contributed by atoms with E-state index in [0.717, 1.165) is 19.5 Å². The van der Waals surface area contributed by atoms with E-state index in [9.17, 15) is 8.42 Å². The molecule has 0 bridgehead atoms. The predicted octanol–water partition coefficient (Wildman–Crippen LogP) is 0.982. The average molecular weight is 240 g/mol.